The van der Waals surface area contributed by atoms with E-state index in [9.17, 15) is 13.2 Å². The van der Waals surface area contributed by atoms with Gasteiger partial charge in [-0.25, -0.2) is 13.1 Å². The third kappa shape index (κ3) is 6.22. The van der Waals surface area contributed by atoms with E-state index in [1.807, 2.05) is 13.8 Å². The van der Waals surface area contributed by atoms with E-state index in [-0.39, 0.29) is 22.8 Å². The highest BCUT2D eigenvalue weighted by atomic mass is 35.5. The van der Waals surface area contributed by atoms with Gasteiger partial charge in [0.25, 0.3) is 0 Å². The molecule has 174 valence electrons. The highest BCUT2D eigenvalue weighted by molar-refractivity contribution is 7.89. The second-order valence-corrected chi connectivity index (χ2v) is 10.4. The number of nitrogens with zero attached hydrogens (tertiary/aromatic N) is 1. The summed E-state index contributed by atoms with van der Waals surface area (Å²) in [6.45, 7) is 5.56. The molecule has 0 aromatic heterocycles. The molecule has 2 atom stereocenters. The predicted molar refractivity (Wildman–Crippen MR) is 127 cm³/mol. The number of benzene rings is 2. The number of methoxy groups -OCH3 is 1. The third-order valence-electron chi connectivity index (χ3n) is 5.79. The lowest BCUT2D eigenvalue weighted by atomic mass is 9.97. The minimum absolute atomic E-state index is 0.132. The van der Waals surface area contributed by atoms with Crippen LogP contribution in [-0.2, 0) is 14.8 Å². The topological polar surface area (TPSA) is 87.7 Å². The van der Waals surface area contributed by atoms with Crippen molar-refractivity contribution in [3.8, 4) is 5.75 Å². The molecule has 1 aliphatic rings. The monoisotopic (exact) mass is 479 g/mol. The number of aryl methyl sites for hydroxylation is 1. The molecule has 7 nitrogen and oxygen atoms in total. The van der Waals surface area contributed by atoms with E-state index in [1.54, 1.807) is 42.5 Å². The maximum absolute atomic E-state index is 12.8. The molecule has 1 amide bonds. The maximum atomic E-state index is 12.8. The maximum Gasteiger partial charge on any atom is 0.241 e. The molecule has 1 fully saturated rings. The first-order valence-electron chi connectivity index (χ1n) is 10.6. The number of piperidine rings is 1. The zero-order valence-corrected chi connectivity index (χ0v) is 20.2. The van der Waals surface area contributed by atoms with E-state index < -0.39 is 10.0 Å². The second kappa shape index (κ2) is 10.7. The van der Waals surface area contributed by atoms with Gasteiger partial charge >= 0.3 is 0 Å². The van der Waals surface area contributed by atoms with E-state index in [2.05, 4.69) is 14.9 Å². The summed E-state index contributed by atoms with van der Waals surface area (Å²) >= 11 is 6.14. The Morgan fingerprint density at radius 3 is 2.62 bits per heavy atom. The molecule has 1 heterocycles. The van der Waals surface area contributed by atoms with Crippen LogP contribution in [0.25, 0.3) is 0 Å². The quantitative estimate of drug-likeness (QED) is 0.603. The first-order valence-corrected chi connectivity index (χ1v) is 12.5. The summed E-state index contributed by atoms with van der Waals surface area (Å²) in [7, 11) is -2.01. The predicted octanol–water partition coefficient (Wildman–Crippen LogP) is 3.67. The van der Waals surface area contributed by atoms with Gasteiger partial charge in [0.1, 0.15) is 5.75 Å². The van der Waals surface area contributed by atoms with Gasteiger partial charge in [-0.05, 0) is 69.5 Å². The van der Waals surface area contributed by atoms with Crippen molar-refractivity contribution < 1.29 is 17.9 Å². The molecule has 2 aromatic rings. The first kappa shape index (κ1) is 24.5. The average molecular weight is 480 g/mol. The lowest BCUT2D eigenvalue weighted by Crippen LogP contribution is -2.48. The number of sulfonamides is 1. The zero-order valence-electron chi connectivity index (χ0n) is 18.6. The van der Waals surface area contributed by atoms with Crippen LogP contribution in [0.1, 0.15) is 25.3 Å². The van der Waals surface area contributed by atoms with Crippen molar-refractivity contribution in [2.75, 3.05) is 32.1 Å². The number of halogens is 1. The van der Waals surface area contributed by atoms with E-state index in [0.717, 1.165) is 24.9 Å². The number of carbonyl (C=O) groups excluding carboxylic acids is 1. The Morgan fingerprint density at radius 1 is 1.25 bits per heavy atom. The van der Waals surface area contributed by atoms with Gasteiger partial charge in [0.2, 0.25) is 15.9 Å². The number of anilines is 1. The lowest BCUT2D eigenvalue weighted by molar-refractivity contribution is -0.121. The van der Waals surface area contributed by atoms with Gasteiger partial charge in [0.05, 0.1) is 23.1 Å². The Balaban J connectivity index is 1.55. The molecule has 2 unspecified atom stereocenters. The Morgan fingerprint density at radius 2 is 1.97 bits per heavy atom. The molecule has 0 bridgehead atoms. The fraction of sp³-hybridized carbons (Fsp3) is 0.435. The SMILES string of the molecule is COc1ccc(NC(=O)C(C)N2CCCC(CNS(=O)(=O)c3ccc(C)cc3)C2)cc1Cl. The molecular formula is C23H30ClN3O4S. The zero-order chi connectivity index (χ0) is 23.3. The highest BCUT2D eigenvalue weighted by Gasteiger charge is 2.28. The van der Waals surface area contributed by atoms with Crippen LogP contribution in [0.5, 0.6) is 5.75 Å². The van der Waals surface area contributed by atoms with Gasteiger partial charge in [-0.15, -0.1) is 0 Å². The number of ether oxygens (including phenoxy) is 1. The summed E-state index contributed by atoms with van der Waals surface area (Å²) in [4.78, 5) is 15.1. The van der Waals surface area contributed by atoms with Crippen LogP contribution < -0.4 is 14.8 Å². The molecule has 0 saturated carbocycles. The molecule has 1 saturated heterocycles. The molecule has 0 spiro atoms. The van der Waals surface area contributed by atoms with E-state index in [0.29, 0.717) is 29.5 Å². The Labute approximate surface area is 195 Å². The first-order chi connectivity index (χ1) is 15.2. The highest BCUT2D eigenvalue weighted by Crippen LogP contribution is 2.27. The van der Waals surface area contributed by atoms with Crippen molar-refractivity contribution in [1.29, 1.82) is 0 Å². The summed E-state index contributed by atoms with van der Waals surface area (Å²) in [6, 6.07) is 11.6. The molecule has 2 aromatic carbocycles. The number of nitrogens with one attached hydrogen (secondary N) is 2. The van der Waals surface area contributed by atoms with Crippen LogP contribution in [0.15, 0.2) is 47.4 Å². The number of hydrogen-bond donors (Lipinski definition) is 2. The summed E-state index contributed by atoms with van der Waals surface area (Å²) in [5.74, 6) is 0.548. The van der Waals surface area contributed by atoms with Gasteiger partial charge in [0, 0.05) is 18.8 Å². The standard InChI is InChI=1S/C23H30ClN3O4S/c1-16-6-9-20(10-7-16)32(29,30)25-14-18-5-4-12-27(15-18)17(2)23(28)26-19-8-11-22(31-3)21(24)13-19/h6-11,13,17-18,25H,4-5,12,14-15H2,1-3H3,(H,26,28). The summed E-state index contributed by atoms with van der Waals surface area (Å²) in [5, 5.41) is 3.32. The Bertz CT molecular complexity index is 1040. The van der Waals surface area contributed by atoms with Crippen LogP contribution in [0, 0.1) is 12.8 Å². The smallest absolute Gasteiger partial charge is 0.241 e. The van der Waals surface area contributed by atoms with Gasteiger partial charge in [0.15, 0.2) is 0 Å². The molecule has 0 aliphatic carbocycles. The van der Waals surface area contributed by atoms with Gasteiger partial charge in [-0.1, -0.05) is 29.3 Å². The minimum atomic E-state index is -3.55. The number of likely N-dealkylation sites (tertiary alicyclic amines) is 1. The lowest BCUT2D eigenvalue weighted by Gasteiger charge is -2.36. The van der Waals surface area contributed by atoms with E-state index in [1.165, 1.54) is 7.11 Å². The summed E-state index contributed by atoms with van der Waals surface area (Å²) in [5.41, 5.74) is 1.61. The third-order valence-corrected chi connectivity index (χ3v) is 7.53. The van der Waals surface area contributed by atoms with Crippen LogP contribution in [0.4, 0.5) is 5.69 Å². The van der Waals surface area contributed by atoms with E-state index >= 15 is 0 Å². The van der Waals surface area contributed by atoms with Crippen LogP contribution in [0.3, 0.4) is 0 Å². The largest absolute Gasteiger partial charge is 0.495 e. The molecule has 0 radical (unpaired) electrons. The van der Waals surface area contributed by atoms with Crippen LogP contribution >= 0.6 is 11.6 Å². The molecule has 32 heavy (non-hydrogen) atoms. The molecule has 3 rings (SSSR count). The van der Waals surface area contributed by atoms with Crippen molar-refractivity contribution in [3.05, 3.63) is 53.1 Å². The Kier molecular flexibility index (Phi) is 8.16. The molecule has 1 aliphatic heterocycles. The molecule has 2 N–H and O–H groups in total. The average Bonchev–Trinajstić information content (AvgIpc) is 2.78. The van der Waals surface area contributed by atoms with E-state index in [4.69, 9.17) is 16.3 Å². The van der Waals surface area contributed by atoms with Crippen molar-refractivity contribution in [1.82, 2.24) is 9.62 Å². The minimum Gasteiger partial charge on any atom is -0.495 e. The normalized spacial score (nSPS) is 18.2. The van der Waals surface area contributed by atoms with Gasteiger partial charge < -0.3 is 10.1 Å². The molecular weight excluding hydrogens is 450 g/mol. The van der Waals surface area contributed by atoms with Crippen molar-refractivity contribution in [2.45, 2.75) is 37.6 Å². The number of amides is 1. The fourth-order valence-electron chi connectivity index (χ4n) is 3.80. The number of rotatable bonds is 8. The Hall–Kier alpha value is -2.13. The summed E-state index contributed by atoms with van der Waals surface area (Å²) < 4.78 is 33.0. The van der Waals surface area contributed by atoms with Gasteiger partial charge in [-0.2, -0.15) is 0 Å². The summed E-state index contributed by atoms with van der Waals surface area (Å²) in [6.07, 6.45) is 1.82. The van der Waals surface area contributed by atoms with Crippen molar-refractivity contribution >= 4 is 33.2 Å². The van der Waals surface area contributed by atoms with Crippen molar-refractivity contribution in [3.63, 3.8) is 0 Å². The number of hydrogen-bond acceptors (Lipinski definition) is 5. The second-order valence-electron chi connectivity index (χ2n) is 8.18. The van der Waals surface area contributed by atoms with Crippen LogP contribution in [-0.4, -0.2) is 52.0 Å². The van der Waals surface area contributed by atoms with Gasteiger partial charge in [-0.3, -0.25) is 9.69 Å². The fourth-order valence-corrected chi connectivity index (χ4v) is 5.17. The molecule has 9 heteroatoms. The number of carbonyl (C=O) groups is 1. The van der Waals surface area contributed by atoms with Crippen LogP contribution in [0.2, 0.25) is 5.02 Å². The van der Waals surface area contributed by atoms with Crippen molar-refractivity contribution in [2.24, 2.45) is 5.92 Å².